The fourth-order valence-electron chi connectivity index (χ4n) is 3.99. The molecule has 1 aliphatic rings. The van der Waals surface area contributed by atoms with Crippen molar-refractivity contribution < 1.29 is 14.3 Å². The Morgan fingerprint density at radius 3 is 2.91 bits per heavy atom. The van der Waals surface area contributed by atoms with Crippen LogP contribution >= 0.6 is 11.6 Å². The maximum Gasteiger partial charge on any atom is 0.435 e. The van der Waals surface area contributed by atoms with Gasteiger partial charge in [0.2, 0.25) is 5.91 Å². The molecule has 1 fully saturated rings. The Morgan fingerprint density at radius 2 is 2.18 bits per heavy atom. The van der Waals surface area contributed by atoms with Crippen LogP contribution in [0.25, 0.3) is 22.0 Å². The first-order valence-electron chi connectivity index (χ1n) is 11.4. The van der Waals surface area contributed by atoms with Crippen molar-refractivity contribution in [2.75, 3.05) is 25.0 Å². The van der Waals surface area contributed by atoms with Gasteiger partial charge in [-0.2, -0.15) is 9.94 Å². The first kappa shape index (κ1) is 23.7. The number of amides is 1. The summed E-state index contributed by atoms with van der Waals surface area (Å²) in [6.45, 7) is 3.81. The van der Waals surface area contributed by atoms with E-state index in [1.165, 1.54) is 4.68 Å². The molecule has 0 saturated carbocycles. The van der Waals surface area contributed by atoms with Crippen LogP contribution in [0.5, 0.6) is 0 Å². The number of piperidine rings is 1. The zero-order valence-electron chi connectivity index (χ0n) is 18.9. The van der Waals surface area contributed by atoms with Crippen molar-refractivity contribution in [2.45, 2.75) is 32.6 Å². The first-order valence-corrected chi connectivity index (χ1v) is 11.8. The van der Waals surface area contributed by atoms with Crippen LogP contribution in [0.4, 0.5) is 10.6 Å². The summed E-state index contributed by atoms with van der Waals surface area (Å²) in [6.07, 6.45) is 2.76. The second kappa shape index (κ2) is 10.7. The number of nitrogens with one attached hydrogen (secondary N) is 2. The highest BCUT2D eigenvalue weighted by molar-refractivity contribution is 6.33. The topological polar surface area (TPSA) is 109 Å². The number of nitriles is 1. The molecule has 34 heavy (non-hydrogen) atoms. The molecule has 2 N–H and O–H groups in total. The molecule has 1 atom stereocenters. The molecule has 0 bridgehead atoms. The molecule has 1 aromatic heterocycles. The minimum absolute atomic E-state index is 0.145. The van der Waals surface area contributed by atoms with Gasteiger partial charge < -0.3 is 15.4 Å². The van der Waals surface area contributed by atoms with Gasteiger partial charge in [-0.15, -0.1) is 5.10 Å². The summed E-state index contributed by atoms with van der Waals surface area (Å²) in [4.78, 5) is 25.6. The number of hydrogen-bond acceptors (Lipinski definition) is 6. The highest BCUT2D eigenvalue weighted by Gasteiger charge is 2.24. The number of halogens is 1. The zero-order valence-corrected chi connectivity index (χ0v) is 19.7. The molecule has 1 aliphatic heterocycles. The number of unbranched alkanes of at least 4 members (excludes halogenated alkanes) is 1. The summed E-state index contributed by atoms with van der Waals surface area (Å²) in [5.74, 6) is -0.0316. The lowest BCUT2D eigenvalue weighted by atomic mass is 9.98. The maximum atomic E-state index is 12.9. The highest BCUT2D eigenvalue weighted by atomic mass is 35.5. The molecule has 4 rings (SSSR count). The molecule has 2 heterocycles. The maximum absolute atomic E-state index is 12.9. The smallest absolute Gasteiger partial charge is 0.435 e. The van der Waals surface area contributed by atoms with Crippen molar-refractivity contribution >= 4 is 40.3 Å². The van der Waals surface area contributed by atoms with E-state index in [1.807, 2.05) is 13.0 Å². The van der Waals surface area contributed by atoms with Gasteiger partial charge >= 0.3 is 6.09 Å². The van der Waals surface area contributed by atoms with E-state index in [1.54, 1.807) is 30.3 Å². The SMILES string of the molecule is CCCCOC(=O)n1nc(NC(=O)[C@@H]2CCCNC2)c2cc(-c3cc(C#N)ccc3Cl)ccc21. The van der Waals surface area contributed by atoms with E-state index in [0.717, 1.165) is 37.8 Å². The van der Waals surface area contributed by atoms with Crippen molar-refractivity contribution in [3.63, 3.8) is 0 Å². The van der Waals surface area contributed by atoms with Crippen LogP contribution in [-0.4, -0.2) is 41.5 Å². The van der Waals surface area contributed by atoms with E-state index in [-0.39, 0.29) is 17.6 Å². The summed E-state index contributed by atoms with van der Waals surface area (Å²) < 4.78 is 6.53. The van der Waals surface area contributed by atoms with Gasteiger partial charge in [-0.3, -0.25) is 4.79 Å². The van der Waals surface area contributed by atoms with Crippen LogP contribution in [0.3, 0.4) is 0 Å². The lowest BCUT2D eigenvalue weighted by molar-refractivity contribution is -0.120. The number of carbonyl (C=O) groups is 2. The third-order valence-electron chi connectivity index (χ3n) is 5.89. The van der Waals surface area contributed by atoms with Gasteiger partial charge in [0.15, 0.2) is 5.82 Å². The molecule has 0 aliphatic carbocycles. The van der Waals surface area contributed by atoms with Gasteiger partial charge in [0.1, 0.15) is 0 Å². The van der Waals surface area contributed by atoms with Crippen LogP contribution in [0, 0.1) is 17.2 Å². The summed E-state index contributed by atoms with van der Waals surface area (Å²) in [5, 5.41) is 20.9. The van der Waals surface area contributed by atoms with Crippen molar-refractivity contribution in [3.8, 4) is 17.2 Å². The lowest BCUT2D eigenvalue weighted by Crippen LogP contribution is -2.37. The van der Waals surface area contributed by atoms with Crippen LogP contribution in [-0.2, 0) is 9.53 Å². The van der Waals surface area contributed by atoms with Crippen molar-refractivity contribution in [1.29, 1.82) is 5.26 Å². The number of nitrogens with zero attached hydrogens (tertiary/aromatic N) is 3. The molecule has 0 unspecified atom stereocenters. The van der Waals surface area contributed by atoms with Crippen molar-refractivity contribution in [2.24, 2.45) is 5.92 Å². The molecule has 0 spiro atoms. The monoisotopic (exact) mass is 479 g/mol. The molecule has 1 saturated heterocycles. The zero-order chi connectivity index (χ0) is 24.1. The Labute approximate surface area is 202 Å². The first-order chi connectivity index (χ1) is 16.5. The van der Waals surface area contributed by atoms with Gasteiger partial charge in [0.05, 0.1) is 29.7 Å². The molecule has 0 radical (unpaired) electrons. The third-order valence-corrected chi connectivity index (χ3v) is 6.22. The van der Waals surface area contributed by atoms with E-state index >= 15 is 0 Å². The molecule has 176 valence electrons. The van der Waals surface area contributed by atoms with E-state index < -0.39 is 6.09 Å². The Kier molecular flexibility index (Phi) is 7.46. The number of benzene rings is 2. The van der Waals surface area contributed by atoms with Gasteiger partial charge in [-0.05, 0) is 61.7 Å². The third kappa shape index (κ3) is 5.06. The van der Waals surface area contributed by atoms with Crippen molar-refractivity contribution in [1.82, 2.24) is 15.1 Å². The molecule has 3 aromatic rings. The van der Waals surface area contributed by atoms with Crippen LogP contribution in [0.15, 0.2) is 36.4 Å². The molecule has 9 heteroatoms. The fourth-order valence-corrected chi connectivity index (χ4v) is 4.22. The van der Waals surface area contributed by atoms with Gasteiger partial charge in [0.25, 0.3) is 0 Å². The second-order valence-electron chi connectivity index (χ2n) is 8.30. The quantitative estimate of drug-likeness (QED) is 0.484. The minimum Gasteiger partial charge on any atom is -0.448 e. The number of rotatable bonds is 6. The largest absolute Gasteiger partial charge is 0.448 e. The highest BCUT2D eigenvalue weighted by Crippen LogP contribution is 2.34. The van der Waals surface area contributed by atoms with E-state index in [2.05, 4.69) is 21.8 Å². The predicted molar refractivity (Wildman–Crippen MR) is 131 cm³/mol. The summed E-state index contributed by atoms with van der Waals surface area (Å²) >= 11 is 6.41. The standard InChI is InChI=1S/C25H26ClN5O3/c1-2-3-11-34-25(33)31-22-9-7-17(19-12-16(14-27)6-8-21(19)26)13-20(22)23(30-31)29-24(32)18-5-4-10-28-15-18/h6-9,12-13,18,28H,2-5,10-11,15H2,1H3,(H,29,30,32)/t18-/m1/s1. The summed E-state index contributed by atoms with van der Waals surface area (Å²) in [7, 11) is 0. The number of hydrogen-bond donors (Lipinski definition) is 2. The van der Waals surface area contributed by atoms with Gasteiger partial charge in [-0.25, -0.2) is 4.79 Å². The fraction of sp³-hybridized carbons (Fsp3) is 0.360. The molecular weight excluding hydrogens is 454 g/mol. The van der Waals surface area contributed by atoms with Crippen LogP contribution in [0.1, 0.15) is 38.2 Å². The number of fused-ring (bicyclic) bond motifs is 1. The predicted octanol–water partition coefficient (Wildman–Crippen LogP) is 4.95. The number of aromatic nitrogens is 2. The Morgan fingerprint density at radius 1 is 1.32 bits per heavy atom. The second-order valence-corrected chi connectivity index (χ2v) is 8.71. The average molecular weight is 480 g/mol. The normalized spacial score (nSPS) is 15.6. The van der Waals surface area contributed by atoms with Crippen LogP contribution in [0.2, 0.25) is 5.02 Å². The van der Waals surface area contributed by atoms with E-state index in [0.29, 0.717) is 40.2 Å². The minimum atomic E-state index is -0.601. The van der Waals surface area contributed by atoms with E-state index in [4.69, 9.17) is 16.3 Å². The average Bonchev–Trinajstić information content (AvgIpc) is 3.22. The molecular formula is C25H26ClN5O3. The number of carbonyl (C=O) groups excluding carboxylic acids is 2. The molecule has 8 nitrogen and oxygen atoms in total. The Bertz CT molecular complexity index is 1260. The summed E-state index contributed by atoms with van der Waals surface area (Å²) in [6, 6.07) is 12.5. The van der Waals surface area contributed by atoms with E-state index in [9.17, 15) is 14.9 Å². The molecule has 1 amide bonds. The Balaban J connectivity index is 1.75. The summed E-state index contributed by atoms with van der Waals surface area (Å²) in [5.41, 5.74) is 2.40. The van der Waals surface area contributed by atoms with Crippen molar-refractivity contribution in [3.05, 3.63) is 47.0 Å². The van der Waals surface area contributed by atoms with Gasteiger partial charge in [0, 0.05) is 22.5 Å². The number of anilines is 1. The number of ether oxygens (including phenoxy) is 1. The van der Waals surface area contributed by atoms with Gasteiger partial charge in [-0.1, -0.05) is 31.0 Å². The Hall–Kier alpha value is -3.41. The lowest BCUT2D eigenvalue weighted by Gasteiger charge is -2.21. The molecule has 2 aromatic carbocycles. The van der Waals surface area contributed by atoms with Crippen LogP contribution < -0.4 is 10.6 Å².